The molecule has 0 amide bonds. The number of hydrogen-bond donors (Lipinski definition) is 1. The second kappa shape index (κ2) is 7.10. The van der Waals surface area contributed by atoms with Crippen molar-refractivity contribution in [2.45, 2.75) is 72.1 Å². The summed E-state index contributed by atoms with van der Waals surface area (Å²) in [5.74, 6) is -0.632. The van der Waals surface area contributed by atoms with Crippen LogP contribution in [0, 0.1) is 28.1 Å². The van der Waals surface area contributed by atoms with E-state index in [1.807, 2.05) is 0 Å². The molecule has 0 radical (unpaired) electrons. The molecule has 0 aromatic carbocycles. The Bertz CT molecular complexity index is 665. The molecule has 5 unspecified atom stereocenters. The van der Waals surface area contributed by atoms with Gasteiger partial charge in [0.25, 0.3) is 0 Å². The van der Waals surface area contributed by atoms with Crippen LogP contribution in [0.5, 0.6) is 0 Å². The average molecular weight is 375 g/mol. The number of rotatable bonds is 5. The molecule has 2 saturated carbocycles. The summed E-state index contributed by atoms with van der Waals surface area (Å²) in [5, 5.41) is 8.79. The first-order valence-electron chi connectivity index (χ1n) is 10.3. The summed E-state index contributed by atoms with van der Waals surface area (Å²) in [5.41, 5.74) is 1.92. The predicted octanol–water partition coefficient (Wildman–Crippen LogP) is 5.14. The van der Waals surface area contributed by atoms with Gasteiger partial charge < -0.3 is 9.84 Å². The minimum absolute atomic E-state index is 0.0772. The molecule has 0 aromatic rings. The van der Waals surface area contributed by atoms with E-state index in [-0.39, 0.29) is 16.2 Å². The van der Waals surface area contributed by atoms with Gasteiger partial charge in [-0.2, -0.15) is 0 Å². The molecular weight excluding hydrogens is 340 g/mol. The molecule has 3 aliphatic rings. The average Bonchev–Trinajstić information content (AvgIpc) is 2.59. The van der Waals surface area contributed by atoms with Gasteiger partial charge in [0.05, 0.1) is 6.61 Å². The first-order chi connectivity index (χ1) is 12.6. The standard InChI is InChI=1S/C23H34O4/c1-5-21(2)12-9-17-16(14-21)7-8-18-22(3,10-6-11-23(17,18)4)15-27-20(26)13-19(24)25/h5,9,16,18H,1,6-8,10-15H2,2-4H3,(H,24,25). The van der Waals surface area contributed by atoms with Gasteiger partial charge in [0.2, 0.25) is 0 Å². The van der Waals surface area contributed by atoms with Crippen LogP contribution in [0.1, 0.15) is 72.1 Å². The smallest absolute Gasteiger partial charge is 0.317 e. The third kappa shape index (κ3) is 3.72. The van der Waals surface area contributed by atoms with Crippen LogP contribution in [-0.2, 0) is 14.3 Å². The normalized spacial score (nSPS) is 40.9. The number of hydrogen-bond acceptors (Lipinski definition) is 3. The summed E-state index contributed by atoms with van der Waals surface area (Å²) in [6.45, 7) is 11.4. The first-order valence-corrected chi connectivity index (χ1v) is 10.3. The summed E-state index contributed by atoms with van der Waals surface area (Å²) in [6, 6.07) is 0. The Morgan fingerprint density at radius 3 is 2.70 bits per heavy atom. The van der Waals surface area contributed by atoms with Crippen molar-refractivity contribution in [2.75, 3.05) is 6.61 Å². The van der Waals surface area contributed by atoms with Crippen LogP contribution < -0.4 is 0 Å². The molecule has 0 heterocycles. The molecule has 4 nitrogen and oxygen atoms in total. The number of fused-ring (bicyclic) bond motifs is 3. The van der Waals surface area contributed by atoms with Gasteiger partial charge in [0.15, 0.2) is 0 Å². The number of carbonyl (C=O) groups is 2. The third-order valence-corrected chi connectivity index (χ3v) is 7.81. The molecule has 0 saturated heterocycles. The molecule has 0 aromatic heterocycles. The Morgan fingerprint density at radius 1 is 1.30 bits per heavy atom. The zero-order valence-corrected chi connectivity index (χ0v) is 17.1. The van der Waals surface area contributed by atoms with Gasteiger partial charge in [0.1, 0.15) is 6.42 Å². The quantitative estimate of drug-likeness (QED) is 0.411. The maximum absolute atomic E-state index is 11.8. The molecule has 3 rings (SSSR count). The van der Waals surface area contributed by atoms with E-state index in [4.69, 9.17) is 9.84 Å². The van der Waals surface area contributed by atoms with E-state index >= 15 is 0 Å². The minimum atomic E-state index is -1.13. The highest BCUT2D eigenvalue weighted by Gasteiger charge is 2.55. The zero-order valence-electron chi connectivity index (χ0n) is 17.1. The maximum Gasteiger partial charge on any atom is 0.317 e. The fourth-order valence-corrected chi connectivity index (χ4v) is 6.34. The number of carbonyl (C=O) groups excluding carboxylic acids is 1. The van der Waals surface area contributed by atoms with E-state index in [0.717, 1.165) is 25.7 Å². The molecule has 2 fully saturated rings. The number of carboxylic acids is 1. The van der Waals surface area contributed by atoms with Gasteiger partial charge in [-0.3, -0.25) is 9.59 Å². The van der Waals surface area contributed by atoms with E-state index in [2.05, 4.69) is 39.5 Å². The Kier molecular flexibility index (Phi) is 5.31. The Morgan fingerprint density at radius 2 is 2.04 bits per heavy atom. The zero-order chi connectivity index (χ0) is 19.9. The third-order valence-electron chi connectivity index (χ3n) is 7.81. The van der Waals surface area contributed by atoms with E-state index in [1.54, 1.807) is 5.57 Å². The van der Waals surface area contributed by atoms with E-state index in [1.165, 1.54) is 19.3 Å². The summed E-state index contributed by atoms with van der Waals surface area (Å²) < 4.78 is 5.42. The fraction of sp³-hybridized carbons (Fsp3) is 0.739. The van der Waals surface area contributed by atoms with E-state index in [9.17, 15) is 9.59 Å². The van der Waals surface area contributed by atoms with Gasteiger partial charge >= 0.3 is 11.9 Å². The second-order valence-electron chi connectivity index (χ2n) is 9.91. The Hall–Kier alpha value is -1.58. The van der Waals surface area contributed by atoms with Crippen molar-refractivity contribution >= 4 is 11.9 Å². The Balaban J connectivity index is 1.80. The van der Waals surface area contributed by atoms with Crippen molar-refractivity contribution in [1.82, 2.24) is 0 Å². The van der Waals surface area contributed by atoms with Crippen LogP contribution in [0.3, 0.4) is 0 Å². The summed E-state index contributed by atoms with van der Waals surface area (Å²) in [6.07, 6.45) is 12.0. The van der Waals surface area contributed by atoms with Crippen LogP contribution >= 0.6 is 0 Å². The van der Waals surface area contributed by atoms with Crippen LogP contribution in [0.2, 0.25) is 0 Å². The molecule has 5 atom stereocenters. The summed E-state index contributed by atoms with van der Waals surface area (Å²) >= 11 is 0. The molecule has 1 N–H and O–H groups in total. The van der Waals surface area contributed by atoms with Crippen LogP contribution in [-0.4, -0.2) is 23.7 Å². The molecule has 0 spiro atoms. The maximum atomic E-state index is 11.8. The highest BCUT2D eigenvalue weighted by atomic mass is 16.5. The molecule has 0 aliphatic heterocycles. The lowest BCUT2D eigenvalue weighted by atomic mass is 9.46. The Labute approximate surface area is 163 Å². The lowest BCUT2D eigenvalue weighted by Gasteiger charge is -2.59. The number of allylic oxidation sites excluding steroid dienone is 3. The molecule has 4 heteroatoms. The van der Waals surface area contributed by atoms with Gasteiger partial charge in [-0.1, -0.05) is 44.9 Å². The van der Waals surface area contributed by atoms with Gasteiger partial charge in [-0.05, 0) is 61.2 Å². The van der Waals surface area contributed by atoms with Crippen LogP contribution in [0.4, 0.5) is 0 Å². The largest absolute Gasteiger partial charge is 0.481 e. The van der Waals surface area contributed by atoms with E-state index < -0.39 is 18.4 Å². The summed E-state index contributed by atoms with van der Waals surface area (Å²) in [7, 11) is 0. The fourth-order valence-electron chi connectivity index (χ4n) is 6.34. The van der Waals surface area contributed by atoms with Crippen molar-refractivity contribution in [3.63, 3.8) is 0 Å². The van der Waals surface area contributed by atoms with Crippen LogP contribution in [0.25, 0.3) is 0 Å². The molecule has 27 heavy (non-hydrogen) atoms. The number of esters is 1. The summed E-state index contributed by atoms with van der Waals surface area (Å²) in [4.78, 5) is 22.5. The van der Waals surface area contributed by atoms with Crippen molar-refractivity contribution < 1.29 is 19.4 Å². The molecular formula is C23H34O4. The number of carboxylic acid groups (broad SMARTS) is 1. The van der Waals surface area contributed by atoms with Crippen LogP contribution in [0.15, 0.2) is 24.3 Å². The molecule has 0 bridgehead atoms. The lowest BCUT2D eigenvalue weighted by molar-refractivity contribution is -0.157. The monoisotopic (exact) mass is 374 g/mol. The van der Waals surface area contributed by atoms with Gasteiger partial charge in [-0.25, -0.2) is 0 Å². The molecule has 3 aliphatic carbocycles. The first kappa shape index (κ1) is 20.2. The van der Waals surface area contributed by atoms with Crippen molar-refractivity contribution in [3.05, 3.63) is 24.3 Å². The number of ether oxygens (including phenoxy) is 1. The minimum Gasteiger partial charge on any atom is -0.481 e. The molecule has 150 valence electrons. The van der Waals surface area contributed by atoms with Gasteiger partial charge in [0, 0.05) is 5.41 Å². The highest BCUT2D eigenvalue weighted by Crippen LogP contribution is 2.63. The van der Waals surface area contributed by atoms with Crippen molar-refractivity contribution in [2.24, 2.45) is 28.1 Å². The van der Waals surface area contributed by atoms with Gasteiger partial charge in [-0.15, -0.1) is 6.58 Å². The van der Waals surface area contributed by atoms with E-state index in [0.29, 0.717) is 18.4 Å². The topological polar surface area (TPSA) is 63.6 Å². The SMILES string of the molecule is C=CC1(C)CC=C2C(CCC3C(C)(COC(=O)CC(=O)O)CCCC23C)C1. The highest BCUT2D eigenvalue weighted by molar-refractivity contribution is 5.90. The second-order valence-corrected chi connectivity index (χ2v) is 9.91. The number of aliphatic carboxylic acids is 1. The van der Waals surface area contributed by atoms with Crippen molar-refractivity contribution in [1.29, 1.82) is 0 Å². The predicted molar refractivity (Wildman–Crippen MR) is 105 cm³/mol. The lowest BCUT2D eigenvalue weighted by Crippen LogP contribution is -2.51. The van der Waals surface area contributed by atoms with Crippen molar-refractivity contribution in [3.8, 4) is 0 Å².